The number of fused-ring (bicyclic) bond motifs is 12. The normalized spacial score (nSPS) is 15.4. The van der Waals surface area contributed by atoms with Crippen LogP contribution in [0.1, 0.15) is 56.5 Å². The lowest BCUT2D eigenvalue weighted by atomic mass is 9.51. The topological polar surface area (TPSA) is 16.4 Å². The van der Waals surface area contributed by atoms with Crippen LogP contribution in [0.2, 0.25) is 0 Å². The lowest BCUT2D eigenvalue weighted by Gasteiger charge is -2.50. The van der Waals surface area contributed by atoms with Crippen LogP contribution < -0.4 is 4.90 Å². The molecule has 1 spiro atoms. The van der Waals surface area contributed by atoms with Gasteiger partial charge in [-0.3, -0.25) is 0 Å². The second kappa shape index (κ2) is 17.6. The van der Waals surface area contributed by atoms with Crippen LogP contribution in [0.5, 0.6) is 0 Å². The van der Waals surface area contributed by atoms with Crippen molar-refractivity contribution in [1.82, 2.24) is 0 Å². The van der Waals surface area contributed by atoms with E-state index in [1.165, 1.54) is 83.5 Å². The van der Waals surface area contributed by atoms with Crippen LogP contribution in [-0.4, -0.2) is 6.04 Å². The molecule has 0 radical (unpaired) electrons. The number of anilines is 2. The Morgan fingerprint density at radius 1 is 0.355 bits per heavy atom. The Bertz CT molecular complexity index is 4150. The van der Waals surface area contributed by atoms with Crippen LogP contribution in [0, 0.1) is 0 Å². The number of allylic oxidation sites excluding steroid dienone is 2. The number of para-hydroxylation sites is 2. The third kappa shape index (κ3) is 6.47. The van der Waals surface area contributed by atoms with Crippen molar-refractivity contribution in [2.75, 3.05) is 4.90 Å². The van der Waals surface area contributed by atoms with Crippen molar-refractivity contribution < 1.29 is 4.42 Å². The monoisotopic (exact) mass is 969 g/mol. The highest BCUT2D eigenvalue weighted by Crippen LogP contribution is 2.65. The van der Waals surface area contributed by atoms with E-state index in [2.05, 4.69) is 290 Å². The summed E-state index contributed by atoms with van der Waals surface area (Å²) in [6.07, 6.45) is 7.88. The van der Waals surface area contributed by atoms with E-state index >= 15 is 0 Å². The minimum atomic E-state index is -0.569. The minimum Gasteiger partial charge on any atom is -0.455 e. The van der Waals surface area contributed by atoms with Gasteiger partial charge in [-0.05, 0) is 120 Å². The third-order valence-electron chi connectivity index (χ3n) is 16.8. The second-order valence-electron chi connectivity index (χ2n) is 20.5. The van der Waals surface area contributed by atoms with Gasteiger partial charge >= 0.3 is 0 Å². The molecular weight excluding hydrogens is 919 g/mol. The predicted octanol–water partition coefficient (Wildman–Crippen LogP) is 18.5. The van der Waals surface area contributed by atoms with E-state index in [-0.39, 0.29) is 6.04 Å². The zero-order chi connectivity index (χ0) is 50.2. The molecular formula is C74H51NO. The van der Waals surface area contributed by atoms with Gasteiger partial charge in [0.25, 0.3) is 0 Å². The van der Waals surface area contributed by atoms with E-state index in [1.807, 2.05) is 6.07 Å². The average Bonchev–Trinajstić information content (AvgIpc) is 4.22. The van der Waals surface area contributed by atoms with E-state index < -0.39 is 10.8 Å². The summed E-state index contributed by atoms with van der Waals surface area (Å²) in [6.45, 7) is 0. The molecule has 0 saturated heterocycles. The standard InChI is InChI=1S/C74H51NO/c1-4-20-50(21-5-1)51-38-44-56(45-39-51)75(58-48-42-53(43-49-58)60-29-18-30-62-61-26-11-17-37-70(61)76-72(60)62)57-46-40-52(41-47-57)59-28-19-36-69-71(59)63-27-10-12-31-64(63)74(69)67-34-15-13-32-65(67)73(54-22-6-2-7-23-54,55-24-8-3-9-25-55)66-33-14-16-35-68(66)74/h1-48,58H,49H2. The quantitative estimate of drug-likeness (QED) is 0.151. The summed E-state index contributed by atoms with van der Waals surface area (Å²) in [4.78, 5) is 2.51. The Labute approximate surface area is 443 Å². The molecule has 0 saturated carbocycles. The summed E-state index contributed by atoms with van der Waals surface area (Å²) in [7, 11) is 0. The zero-order valence-corrected chi connectivity index (χ0v) is 41.9. The molecule has 0 bridgehead atoms. The molecule has 0 fully saturated rings. The Morgan fingerprint density at radius 3 is 1.46 bits per heavy atom. The largest absolute Gasteiger partial charge is 0.455 e. The fourth-order valence-electron chi connectivity index (χ4n) is 13.6. The molecule has 1 heterocycles. The van der Waals surface area contributed by atoms with Gasteiger partial charge in [0, 0.05) is 27.7 Å². The summed E-state index contributed by atoms with van der Waals surface area (Å²) < 4.78 is 6.51. The van der Waals surface area contributed by atoms with E-state index in [0.717, 1.165) is 45.3 Å². The molecule has 76 heavy (non-hydrogen) atoms. The molecule has 0 amide bonds. The molecule has 3 aliphatic rings. The first-order chi connectivity index (χ1) is 37.7. The molecule has 1 aromatic heterocycles. The van der Waals surface area contributed by atoms with Crippen LogP contribution in [0.4, 0.5) is 11.4 Å². The summed E-state index contributed by atoms with van der Waals surface area (Å²) in [5.74, 6) is 0. The maximum Gasteiger partial charge on any atom is 0.143 e. The van der Waals surface area contributed by atoms with Crippen molar-refractivity contribution in [3.63, 3.8) is 0 Å². The second-order valence-corrected chi connectivity index (χ2v) is 20.5. The zero-order valence-electron chi connectivity index (χ0n) is 41.9. The van der Waals surface area contributed by atoms with E-state index in [4.69, 9.17) is 4.42 Å². The number of hydrogen-bond donors (Lipinski definition) is 0. The van der Waals surface area contributed by atoms with Crippen molar-refractivity contribution >= 4 is 38.9 Å². The van der Waals surface area contributed by atoms with Crippen molar-refractivity contribution in [3.8, 4) is 33.4 Å². The Hall–Kier alpha value is -9.50. The van der Waals surface area contributed by atoms with Gasteiger partial charge in [-0.1, -0.05) is 261 Å². The van der Waals surface area contributed by atoms with Gasteiger partial charge in [0.1, 0.15) is 11.2 Å². The van der Waals surface area contributed by atoms with Crippen molar-refractivity contribution in [3.05, 3.63) is 341 Å². The SMILES string of the molecule is C1=CC(N(c2ccc(-c3ccccc3)cc2)c2ccc(-c3cccc4c3-c3ccccc3C43c4ccccc4C(c4ccccc4)(c4ccccc4)c4ccccc43)cc2)CC=C1c1cccc2c1oc1ccccc12. The summed E-state index contributed by atoms with van der Waals surface area (Å²) in [6, 6.07) is 101. The van der Waals surface area contributed by atoms with Gasteiger partial charge in [0.2, 0.25) is 0 Å². The van der Waals surface area contributed by atoms with E-state index in [0.29, 0.717) is 0 Å². The van der Waals surface area contributed by atoms with Gasteiger partial charge in [-0.15, -0.1) is 0 Å². The van der Waals surface area contributed by atoms with Crippen LogP contribution in [0.15, 0.2) is 296 Å². The van der Waals surface area contributed by atoms with Gasteiger partial charge in [0.05, 0.1) is 16.9 Å². The first-order valence-corrected chi connectivity index (χ1v) is 26.6. The van der Waals surface area contributed by atoms with Gasteiger partial charge in [-0.25, -0.2) is 0 Å². The molecule has 358 valence electrons. The van der Waals surface area contributed by atoms with Crippen molar-refractivity contribution in [2.45, 2.75) is 23.3 Å². The Kier molecular flexibility index (Phi) is 10.2. The molecule has 2 heteroatoms. The smallest absolute Gasteiger partial charge is 0.143 e. The lowest BCUT2D eigenvalue weighted by Crippen LogP contribution is -2.44. The molecule has 1 atom stereocenters. The maximum atomic E-state index is 6.51. The first-order valence-electron chi connectivity index (χ1n) is 26.6. The summed E-state index contributed by atoms with van der Waals surface area (Å²) >= 11 is 0. The van der Waals surface area contributed by atoms with Gasteiger partial charge in [-0.2, -0.15) is 0 Å². The highest BCUT2D eigenvalue weighted by molar-refractivity contribution is 6.09. The van der Waals surface area contributed by atoms with Crippen LogP contribution in [-0.2, 0) is 10.8 Å². The molecule has 0 aliphatic heterocycles. The summed E-state index contributed by atoms with van der Waals surface area (Å²) in [5.41, 5.74) is 23.1. The summed E-state index contributed by atoms with van der Waals surface area (Å²) in [5, 5.41) is 2.29. The molecule has 3 aliphatic carbocycles. The van der Waals surface area contributed by atoms with Gasteiger partial charge in [0.15, 0.2) is 0 Å². The van der Waals surface area contributed by atoms with Crippen LogP contribution in [0.3, 0.4) is 0 Å². The fraction of sp³-hybridized carbons (Fsp3) is 0.0541. The lowest BCUT2D eigenvalue weighted by molar-refractivity contribution is 0.623. The van der Waals surface area contributed by atoms with E-state index in [1.54, 1.807) is 0 Å². The molecule has 11 aromatic carbocycles. The number of hydrogen-bond acceptors (Lipinski definition) is 2. The highest BCUT2D eigenvalue weighted by atomic mass is 16.3. The average molecular weight is 970 g/mol. The predicted molar refractivity (Wildman–Crippen MR) is 314 cm³/mol. The Balaban J connectivity index is 0.859. The highest BCUT2D eigenvalue weighted by Gasteiger charge is 2.57. The molecule has 2 nitrogen and oxygen atoms in total. The minimum absolute atomic E-state index is 0.0742. The van der Waals surface area contributed by atoms with Crippen molar-refractivity contribution in [1.29, 1.82) is 0 Å². The number of furan rings is 1. The fourth-order valence-corrected chi connectivity index (χ4v) is 13.6. The molecule has 0 N–H and O–H groups in total. The van der Waals surface area contributed by atoms with Crippen molar-refractivity contribution in [2.24, 2.45) is 0 Å². The Morgan fingerprint density at radius 2 is 0.829 bits per heavy atom. The maximum absolute atomic E-state index is 6.51. The number of benzene rings is 11. The number of rotatable bonds is 8. The molecule has 15 rings (SSSR count). The first kappa shape index (κ1) is 44.0. The van der Waals surface area contributed by atoms with E-state index in [9.17, 15) is 0 Å². The molecule has 1 unspecified atom stereocenters. The van der Waals surface area contributed by atoms with Crippen LogP contribution in [0.25, 0.3) is 60.9 Å². The van der Waals surface area contributed by atoms with Gasteiger partial charge < -0.3 is 9.32 Å². The molecule has 12 aromatic rings. The van der Waals surface area contributed by atoms with Crippen LogP contribution >= 0.6 is 0 Å². The number of nitrogens with zero attached hydrogens (tertiary/aromatic N) is 1. The third-order valence-corrected chi connectivity index (χ3v) is 16.8.